The van der Waals surface area contributed by atoms with Crippen LogP contribution in [0.4, 0.5) is 13.2 Å². The van der Waals surface area contributed by atoms with Gasteiger partial charge < -0.3 is 4.18 Å². The van der Waals surface area contributed by atoms with E-state index in [2.05, 4.69) is 4.18 Å². The summed E-state index contributed by atoms with van der Waals surface area (Å²) in [6.45, 7) is 3.12. The zero-order chi connectivity index (χ0) is 14.0. The van der Waals surface area contributed by atoms with Crippen LogP contribution in [0.2, 0.25) is 0 Å². The third-order valence-corrected chi connectivity index (χ3v) is 3.02. The summed E-state index contributed by atoms with van der Waals surface area (Å²) in [5.74, 6) is -0.312. The standard InChI is InChI=1S/C11H11F3O3S/c1-3-5-9-7-4-6-8(2)10(9)17-18(15,16)11(12,13)14/h3-7H,1-2H3/b5-3+. The van der Waals surface area contributed by atoms with Gasteiger partial charge in [-0.2, -0.15) is 21.6 Å². The highest BCUT2D eigenvalue weighted by Gasteiger charge is 2.48. The van der Waals surface area contributed by atoms with E-state index in [1.165, 1.54) is 25.1 Å². The molecule has 0 amide bonds. The van der Waals surface area contributed by atoms with Gasteiger partial charge in [0.25, 0.3) is 0 Å². The van der Waals surface area contributed by atoms with Gasteiger partial charge in [-0.15, -0.1) is 0 Å². The van der Waals surface area contributed by atoms with Crippen LogP contribution in [-0.2, 0) is 10.1 Å². The molecule has 0 N–H and O–H groups in total. The number of rotatable bonds is 3. The van der Waals surface area contributed by atoms with Crippen molar-refractivity contribution in [3.63, 3.8) is 0 Å². The molecule has 0 spiro atoms. The van der Waals surface area contributed by atoms with Gasteiger partial charge in [-0.05, 0) is 19.4 Å². The van der Waals surface area contributed by atoms with Crippen molar-refractivity contribution in [2.75, 3.05) is 0 Å². The molecule has 1 aromatic rings. The van der Waals surface area contributed by atoms with E-state index in [4.69, 9.17) is 0 Å². The van der Waals surface area contributed by atoms with Crippen LogP contribution < -0.4 is 4.18 Å². The summed E-state index contributed by atoms with van der Waals surface area (Å²) in [5, 5.41) is 0. The van der Waals surface area contributed by atoms with Crippen LogP contribution in [0.1, 0.15) is 18.1 Å². The molecular weight excluding hydrogens is 269 g/mol. The number of hydrogen-bond donors (Lipinski definition) is 0. The zero-order valence-corrected chi connectivity index (χ0v) is 10.5. The fourth-order valence-corrected chi connectivity index (χ4v) is 1.80. The van der Waals surface area contributed by atoms with Crippen molar-refractivity contribution in [3.8, 4) is 5.75 Å². The summed E-state index contributed by atoms with van der Waals surface area (Å²) in [4.78, 5) is 0. The average molecular weight is 280 g/mol. The van der Waals surface area contributed by atoms with Gasteiger partial charge in [0.2, 0.25) is 0 Å². The topological polar surface area (TPSA) is 43.4 Å². The molecule has 0 aliphatic heterocycles. The highest BCUT2D eigenvalue weighted by molar-refractivity contribution is 7.88. The Labute approximate surface area is 103 Å². The number of benzene rings is 1. The highest BCUT2D eigenvalue weighted by atomic mass is 32.2. The minimum Gasteiger partial charge on any atom is -0.375 e. The Hall–Kier alpha value is -1.50. The quantitative estimate of drug-likeness (QED) is 0.630. The molecule has 0 saturated heterocycles. The molecule has 0 atom stereocenters. The fraction of sp³-hybridized carbons (Fsp3) is 0.273. The lowest BCUT2D eigenvalue weighted by atomic mass is 10.1. The minimum atomic E-state index is -5.65. The van der Waals surface area contributed by atoms with E-state index in [1.54, 1.807) is 19.1 Å². The van der Waals surface area contributed by atoms with Crippen LogP contribution in [0, 0.1) is 6.92 Å². The first-order chi connectivity index (χ1) is 8.19. The smallest absolute Gasteiger partial charge is 0.375 e. The van der Waals surface area contributed by atoms with Gasteiger partial charge in [0.05, 0.1) is 0 Å². The van der Waals surface area contributed by atoms with Gasteiger partial charge in [0, 0.05) is 5.56 Å². The van der Waals surface area contributed by atoms with Crippen LogP contribution in [0.3, 0.4) is 0 Å². The van der Waals surface area contributed by atoms with Crippen molar-refractivity contribution < 1.29 is 25.8 Å². The van der Waals surface area contributed by atoms with E-state index < -0.39 is 15.6 Å². The number of allylic oxidation sites excluding steroid dienone is 1. The number of alkyl halides is 3. The molecule has 0 fully saturated rings. The Morgan fingerprint density at radius 1 is 1.28 bits per heavy atom. The van der Waals surface area contributed by atoms with Crippen molar-refractivity contribution >= 4 is 16.2 Å². The molecule has 18 heavy (non-hydrogen) atoms. The maximum absolute atomic E-state index is 12.2. The molecule has 1 aromatic carbocycles. The molecular formula is C11H11F3O3S. The summed E-state index contributed by atoms with van der Waals surface area (Å²) >= 11 is 0. The number of para-hydroxylation sites is 1. The second-order valence-corrected chi connectivity index (χ2v) is 5.01. The van der Waals surface area contributed by atoms with Gasteiger partial charge in [-0.25, -0.2) is 0 Å². The van der Waals surface area contributed by atoms with Crippen molar-refractivity contribution in [3.05, 3.63) is 35.4 Å². The Morgan fingerprint density at radius 3 is 2.39 bits per heavy atom. The van der Waals surface area contributed by atoms with Crippen molar-refractivity contribution in [2.24, 2.45) is 0 Å². The molecule has 0 bridgehead atoms. The van der Waals surface area contributed by atoms with Crippen molar-refractivity contribution in [1.29, 1.82) is 0 Å². The van der Waals surface area contributed by atoms with E-state index in [0.29, 0.717) is 5.56 Å². The Balaban J connectivity index is 3.28. The van der Waals surface area contributed by atoms with Gasteiger partial charge in [-0.1, -0.05) is 30.4 Å². The zero-order valence-electron chi connectivity index (χ0n) is 9.65. The number of aryl methyl sites for hydroxylation is 1. The first-order valence-electron chi connectivity index (χ1n) is 4.92. The molecule has 0 heterocycles. The first kappa shape index (κ1) is 14.6. The van der Waals surface area contributed by atoms with Crippen LogP contribution in [-0.4, -0.2) is 13.9 Å². The average Bonchev–Trinajstić information content (AvgIpc) is 2.22. The van der Waals surface area contributed by atoms with Crippen molar-refractivity contribution in [2.45, 2.75) is 19.4 Å². The molecule has 0 unspecified atom stereocenters. The Kier molecular flexibility index (Phi) is 4.05. The fourth-order valence-electron chi connectivity index (χ4n) is 1.26. The summed E-state index contributed by atoms with van der Waals surface area (Å²) in [6, 6.07) is 4.53. The highest BCUT2D eigenvalue weighted by Crippen LogP contribution is 2.31. The van der Waals surface area contributed by atoms with Crippen LogP contribution in [0.15, 0.2) is 24.3 Å². The first-order valence-corrected chi connectivity index (χ1v) is 6.33. The Morgan fingerprint density at radius 2 is 1.89 bits per heavy atom. The number of hydrogen-bond acceptors (Lipinski definition) is 3. The van der Waals surface area contributed by atoms with Crippen LogP contribution in [0.5, 0.6) is 5.75 Å². The van der Waals surface area contributed by atoms with E-state index >= 15 is 0 Å². The van der Waals surface area contributed by atoms with E-state index in [0.717, 1.165) is 0 Å². The van der Waals surface area contributed by atoms with Gasteiger partial charge in [-0.3, -0.25) is 0 Å². The molecule has 3 nitrogen and oxygen atoms in total. The summed E-state index contributed by atoms with van der Waals surface area (Å²) < 4.78 is 62.8. The van der Waals surface area contributed by atoms with Crippen LogP contribution in [0.25, 0.3) is 6.08 Å². The lowest BCUT2D eigenvalue weighted by Crippen LogP contribution is -2.28. The van der Waals surface area contributed by atoms with E-state index in [1.807, 2.05) is 0 Å². The van der Waals surface area contributed by atoms with Gasteiger partial charge >= 0.3 is 15.6 Å². The maximum atomic E-state index is 12.2. The SMILES string of the molecule is C/C=C/c1cccc(C)c1OS(=O)(=O)C(F)(F)F. The normalized spacial score (nSPS) is 12.9. The minimum absolute atomic E-state index is 0.269. The second kappa shape index (κ2) is 5.01. The molecule has 0 radical (unpaired) electrons. The maximum Gasteiger partial charge on any atom is 0.534 e. The third-order valence-electron chi connectivity index (χ3n) is 2.07. The molecule has 0 aliphatic carbocycles. The molecule has 1 rings (SSSR count). The third kappa shape index (κ3) is 3.04. The summed E-state index contributed by atoms with van der Waals surface area (Å²) in [7, 11) is -5.65. The molecule has 0 saturated carbocycles. The predicted molar refractivity (Wildman–Crippen MR) is 61.5 cm³/mol. The van der Waals surface area contributed by atoms with E-state index in [9.17, 15) is 21.6 Å². The number of halogens is 3. The lowest BCUT2D eigenvalue weighted by Gasteiger charge is -2.13. The Bertz CT molecular complexity index is 559. The molecule has 0 aromatic heterocycles. The van der Waals surface area contributed by atoms with Crippen LogP contribution >= 0.6 is 0 Å². The van der Waals surface area contributed by atoms with E-state index in [-0.39, 0.29) is 11.3 Å². The molecule has 7 heteroatoms. The summed E-state index contributed by atoms with van der Waals surface area (Å²) in [5.41, 5.74) is -4.87. The molecule has 0 aliphatic rings. The lowest BCUT2D eigenvalue weighted by molar-refractivity contribution is -0.0500. The monoisotopic (exact) mass is 280 g/mol. The second-order valence-electron chi connectivity index (χ2n) is 3.48. The largest absolute Gasteiger partial charge is 0.534 e. The van der Waals surface area contributed by atoms with Gasteiger partial charge in [0.1, 0.15) is 0 Å². The predicted octanol–water partition coefficient (Wildman–Crippen LogP) is 3.26. The van der Waals surface area contributed by atoms with Crippen molar-refractivity contribution in [1.82, 2.24) is 0 Å². The van der Waals surface area contributed by atoms with Gasteiger partial charge in [0.15, 0.2) is 5.75 Å². The molecule has 100 valence electrons. The summed E-state index contributed by atoms with van der Waals surface area (Å²) in [6.07, 6.45) is 3.04.